The molecule has 0 aromatic heterocycles. The second-order valence-corrected chi connectivity index (χ2v) is 7.63. The number of benzene rings is 1. The van der Waals surface area contributed by atoms with Gasteiger partial charge < -0.3 is 10.1 Å². The summed E-state index contributed by atoms with van der Waals surface area (Å²) in [6.45, 7) is 13.0. The first-order valence-corrected chi connectivity index (χ1v) is 8.51. The second-order valence-electron chi connectivity index (χ2n) is 7.63. The number of ether oxygens (including phenoxy) is 1. The highest BCUT2D eigenvalue weighted by Crippen LogP contribution is 2.18. The number of piperidine rings is 1. The Labute approximate surface area is 140 Å². The largest absolute Gasteiger partial charge is 0.444 e. The number of hydrogen-bond donors (Lipinski definition) is 1. The molecule has 0 bridgehead atoms. The van der Waals surface area contributed by atoms with Crippen molar-refractivity contribution in [3.8, 4) is 0 Å². The summed E-state index contributed by atoms with van der Waals surface area (Å²) in [7, 11) is 0. The number of carbonyl (C=O) groups excluding carboxylic acids is 1. The van der Waals surface area contributed by atoms with Gasteiger partial charge in [-0.3, -0.25) is 4.90 Å². The fourth-order valence-corrected chi connectivity index (χ4v) is 2.92. The molecular weight excluding hydrogens is 288 g/mol. The lowest BCUT2D eigenvalue weighted by molar-refractivity contribution is 0.0477. The first-order chi connectivity index (χ1) is 10.7. The van der Waals surface area contributed by atoms with Crippen LogP contribution < -0.4 is 5.32 Å². The standard InChI is InChI=1S/C19H30N2O2/c1-14-6-7-15(2)16(12-14)13-21-10-8-17(9-11-21)20-18(22)23-19(3,4)5/h6-7,12,17H,8-11,13H2,1-5H3,(H,20,22). The van der Waals surface area contributed by atoms with E-state index in [9.17, 15) is 4.79 Å². The quantitative estimate of drug-likeness (QED) is 0.922. The molecule has 1 amide bonds. The number of nitrogens with one attached hydrogen (secondary N) is 1. The van der Waals surface area contributed by atoms with E-state index >= 15 is 0 Å². The fraction of sp³-hybridized carbons (Fsp3) is 0.632. The van der Waals surface area contributed by atoms with Crippen LogP contribution in [0.15, 0.2) is 18.2 Å². The summed E-state index contributed by atoms with van der Waals surface area (Å²) in [5.74, 6) is 0. The molecule has 4 heteroatoms. The second kappa shape index (κ2) is 7.35. The third-order valence-corrected chi connectivity index (χ3v) is 4.21. The summed E-state index contributed by atoms with van der Waals surface area (Å²) in [5.41, 5.74) is 3.63. The number of amides is 1. The number of likely N-dealkylation sites (tertiary alicyclic amines) is 1. The Morgan fingerprint density at radius 3 is 2.52 bits per heavy atom. The molecule has 1 fully saturated rings. The topological polar surface area (TPSA) is 41.6 Å². The Hall–Kier alpha value is -1.55. The highest BCUT2D eigenvalue weighted by molar-refractivity contribution is 5.68. The van der Waals surface area contributed by atoms with Crippen LogP contribution in [-0.4, -0.2) is 35.7 Å². The molecule has 0 spiro atoms. The molecule has 23 heavy (non-hydrogen) atoms. The molecule has 4 nitrogen and oxygen atoms in total. The van der Waals surface area contributed by atoms with Gasteiger partial charge in [-0.2, -0.15) is 0 Å². The molecule has 1 saturated heterocycles. The number of carbonyl (C=O) groups is 1. The van der Waals surface area contributed by atoms with E-state index in [4.69, 9.17) is 4.74 Å². The van der Waals surface area contributed by atoms with Crippen molar-refractivity contribution in [2.75, 3.05) is 13.1 Å². The Bertz CT molecular complexity index is 541. The third-order valence-electron chi connectivity index (χ3n) is 4.21. The van der Waals surface area contributed by atoms with Crippen molar-refractivity contribution < 1.29 is 9.53 Å². The molecule has 1 aliphatic rings. The van der Waals surface area contributed by atoms with Crippen LogP contribution in [0, 0.1) is 13.8 Å². The third kappa shape index (κ3) is 5.87. The Morgan fingerprint density at radius 2 is 1.91 bits per heavy atom. The van der Waals surface area contributed by atoms with Gasteiger partial charge in [-0.1, -0.05) is 23.8 Å². The monoisotopic (exact) mass is 318 g/mol. The molecule has 1 N–H and O–H groups in total. The Kier molecular flexibility index (Phi) is 5.69. The highest BCUT2D eigenvalue weighted by Gasteiger charge is 2.23. The van der Waals surface area contributed by atoms with Crippen molar-refractivity contribution in [2.45, 2.75) is 65.6 Å². The zero-order chi connectivity index (χ0) is 17.0. The summed E-state index contributed by atoms with van der Waals surface area (Å²) in [4.78, 5) is 14.3. The van der Waals surface area contributed by atoms with Crippen LogP contribution in [0.1, 0.15) is 50.3 Å². The maximum Gasteiger partial charge on any atom is 0.407 e. The molecule has 0 radical (unpaired) electrons. The minimum absolute atomic E-state index is 0.222. The smallest absolute Gasteiger partial charge is 0.407 e. The maximum atomic E-state index is 11.8. The van der Waals surface area contributed by atoms with E-state index in [1.807, 2.05) is 20.8 Å². The SMILES string of the molecule is Cc1ccc(C)c(CN2CCC(NC(=O)OC(C)(C)C)CC2)c1. The summed E-state index contributed by atoms with van der Waals surface area (Å²) >= 11 is 0. The van der Waals surface area contributed by atoms with Crippen LogP contribution in [0.5, 0.6) is 0 Å². The average molecular weight is 318 g/mol. The van der Waals surface area contributed by atoms with Crippen molar-refractivity contribution in [1.29, 1.82) is 0 Å². The van der Waals surface area contributed by atoms with Crippen LogP contribution in [0.3, 0.4) is 0 Å². The molecular formula is C19H30N2O2. The maximum absolute atomic E-state index is 11.8. The molecule has 1 heterocycles. The lowest BCUT2D eigenvalue weighted by Gasteiger charge is -2.33. The van der Waals surface area contributed by atoms with Crippen molar-refractivity contribution in [3.63, 3.8) is 0 Å². The van der Waals surface area contributed by atoms with Gasteiger partial charge >= 0.3 is 6.09 Å². The Balaban J connectivity index is 1.80. The van der Waals surface area contributed by atoms with E-state index in [0.29, 0.717) is 0 Å². The molecule has 0 unspecified atom stereocenters. The van der Waals surface area contributed by atoms with E-state index in [2.05, 4.69) is 42.3 Å². The summed E-state index contributed by atoms with van der Waals surface area (Å²) in [5, 5.41) is 2.99. The fourth-order valence-electron chi connectivity index (χ4n) is 2.92. The van der Waals surface area contributed by atoms with E-state index in [1.54, 1.807) is 0 Å². The van der Waals surface area contributed by atoms with E-state index < -0.39 is 5.60 Å². The van der Waals surface area contributed by atoms with Crippen LogP contribution in [0.2, 0.25) is 0 Å². The van der Waals surface area contributed by atoms with Gasteiger partial charge in [0.15, 0.2) is 0 Å². The van der Waals surface area contributed by atoms with Gasteiger partial charge in [-0.05, 0) is 58.6 Å². The molecule has 0 atom stereocenters. The molecule has 1 aliphatic heterocycles. The average Bonchev–Trinajstić information content (AvgIpc) is 2.43. The lowest BCUT2D eigenvalue weighted by atomic mass is 10.0. The van der Waals surface area contributed by atoms with Crippen LogP contribution >= 0.6 is 0 Å². The van der Waals surface area contributed by atoms with Gasteiger partial charge in [0.25, 0.3) is 0 Å². The number of alkyl carbamates (subject to hydrolysis) is 1. The highest BCUT2D eigenvalue weighted by atomic mass is 16.6. The first-order valence-electron chi connectivity index (χ1n) is 8.51. The number of aryl methyl sites for hydroxylation is 2. The number of nitrogens with zero attached hydrogens (tertiary/aromatic N) is 1. The zero-order valence-corrected chi connectivity index (χ0v) is 15.1. The van der Waals surface area contributed by atoms with Gasteiger partial charge in [0.05, 0.1) is 0 Å². The number of hydrogen-bond acceptors (Lipinski definition) is 3. The van der Waals surface area contributed by atoms with E-state index in [0.717, 1.165) is 32.5 Å². The van der Waals surface area contributed by atoms with Crippen molar-refractivity contribution >= 4 is 6.09 Å². The summed E-state index contributed by atoms with van der Waals surface area (Å²) < 4.78 is 5.33. The van der Waals surface area contributed by atoms with Gasteiger partial charge in [0.2, 0.25) is 0 Å². The lowest BCUT2D eigenvalue weighted by Crippen LogP contribution is -2.45. The molecule has 0 saturated carbocycles. The Morgan fingerprint density at radius 1 is 1.26 bits per heavy atom. The molecule has 1 aromatic carbocycles. The molecule has 2 rings (SSSR count). The van der Waals surface area contributed by atoms with Crippen molar-refractivity contribution in [2.24, 2.45) is 0 Å². The molecule has 128 valence electrons. The van der Waals surface area contributed by atoms with Gasteiger partial charge in [-0.15, -0.1) is 0 Å². The van der Waals surface area contributed by atoms with Crippen molar-refractivity contribution in [3.05, 3.63) is 34.9 Å². The molecule has 1 aromatic rings. The van der Waals surface area contributed by atoms with Crippen molar-refractivity contribution in [1.82, 2.24) is 10.2 Å². The zero-order valence-electron chi connectivity index (χ0n) is 15.1. The predicted octanol–water partition coefficient (Wildman–Crippen LogP) is 3.79. The first kappa shape index (κ1) is 17.8. The van der Waals surface area contributed by atoms with Crippen LogP contribution in [0.4, 0.5) is 4.79 Å². The van der Waals surface area contributed by atoms with E-state index in [-0.39, 0.29) is 12.1 Å². The van der Waals surface area contributed by atoms with Crippen LogP contribution in [0.25, 0.3) is 0 Å². The predicted molar refractivity (Wildman–Crippen MR) is 93.6 cm³/mol. The minimum atomic E-state index is -0.437. The van der Waals surface area contributed by atoms with Crippen LogP contribution in [-0.2, 0) is 11.3 Å². The number of rotatable bonds is 3. The van der Waals surface area contributed by atoms with E-state index in [1.165, 1.54) is 16.7 Å². The van der Waals surface area contributed by atoms with Gasteiger partial charge in [0, 0.05) is 25.7 Å². The summed E-state index contributed by atoms with van der Waals surface area (Å²) in [6.07, 6.45) is 1.65. The normalized spacial score (nSPS) is 17.1. The van der Waals surface area contributed by atoms with Gasteiger partial charge in [-0.25, -0.2) is 4.79 Å². The minimum Gasteiger partial charge on any atom is -0.444 e. The summed E-state index contributed by atoms with van der Waals surface area (Å²) in [6, 6.07) is 6.86. The van der Waals surface area contributed by atoms with Gasteiger partial charge in [0.1, 0.15) is 5.60 Å². The molecule has 0 aliphatic carbocycles.